The summed E-state index contributed by atoms with van der Waals surface area (Å²) < 4.78 is 23.4. The number of carbonyl (C=O) groups is 4. The summed E-state index contributed by atoms with van der Waals surface area (Å²) in [6.07, 6.45) is 20.9. The van der Waals surface area contributed by atoms with E-state index in [0.29, 0.717) is 37.2 Å². The average Bonchev–Trinajstić information content (AvgIpc) is 3.08. The van der Waals surface area contributed by atoms with Crippen LogP contribution in [0.3, 0.4) is 0 Å². The first-order chi connectivity index (χ1) is 23.7. The molecule has 0 rings (SSSR count). The third-order valence-electron chi connectivity index (χ3n) is 9.04. The first-order valence-electron chi connectivity index (χ1n) is 19.7. The first-order valence-corrected chi connectivity index (χ1v) is 27.3. The zero-order valence-electron chi connectivity index (χ0n) is 31.6. The minimum absolute atomic E-state index is 0.0438. The van der Waals surface area contributed by atoms with E-state index in [2.05, 4.69) is 39.1 Å². The second-order valence-electron chi connectivity index (χ2n) is 13.3. The van der Waals surface area contributed by atoms with Crippen LogP contribution < -0.4 is 0 Å². The molecule has 0 bridgehead atoms. The molecule has 0 aromatic heterocycles. The van der Waals surface area contributed by atoms with Gasteiger partial charge in [-0.25, -0.2) is 0 Å². The second-order valence-corrected chi connectivity index (χ2v) is 23.4. The van der Waals surface area contributed by atoms with Crippen LogP contribution in [0.5, 0.6) is 0 Å². The molecule has 0 N–H and O–H groups in total. The molecule has 0 aliphatic carbocycles. The fraction of sp³-hybridized carbons (Fsp3) is 0.895. The van der Waals surface area contributed by atoms with Gasteiger partial charge in [0.1, 0.15) is 0 Å². The van der Waals surface area contributed by atoms with Crippen LogP contribution in [0.4, 0.5) is 0 Å². The van der Waals surface area contributed by atoms with E-state index in [-0.39, 0.29) is 46.8 Å². The molecule has 0 saturated carbocycles. The standard InChI is InChI=1S/2C14H28O2S.2C5H9O2.Sn/c2*1-2-3-4-5-6-7-8-9-10-13(11-12-17)14(15)16;2*1-3-5(6)7-4-2;/h2*13,17H,2-12H2,1H3,(H,15,16);2*1,3-4H2,2H3;/q;;;;+2/p-2. The van der Waals surface area contributed by atoms with E-state index in [0.717, 1.165) is 38.5 Å². The van der Waals surface area contributed by atoms with Gasteiger partial charge in [0.15, 0.2) is 0 Å². The van der Waals surface area contributed by atoms with Gasteiger partial charge in [0.25, 0.3) is 0 Å². The Morgan fingerprint density at radius 3 is 1.12 bits per heavy atom. The Balaban J connectivity index is 5.92. The zero-order chi connectivity index (χ0) is 36.6. The Morgan fingerprint density at radius 1 is 0.490 bits per heavy atom. The van der Waals surface area contributed by atoms with Crippen molar-refractivity contribution in [1.29, 1.82) is 0 Å². The van der Waals surface area contributed by atoms with Gasteiger partial charge in [-0.2, -0.15) is 0 Å². The molecule has 8 nitrogen and oxygen atoms in total. The van der Waals surface area contributed by atoms with Crippen molar-refractivity contribution in [2.24, 2.45) is 11.8 Å². The fourth-order valence-electron chi connectivity index (χ4n) is 6.06. The molecule has 0 saturated heterocycles. The van der Waals surface area contributed by atoms with Crippen molar-refractivity contribution >= 4 is 68.3 Å². The van der Waals surface area contributed by atoms with Crippen LogP contribution in [-0.4, -0.2) is 67.8 Å². The number of unbranched alkanes of at least 4 members (excludes halogenated alkanes) is 14. The minimum atomic E-state index is -4.80. The monoisotopic (exact) mass is 840 g/mol. The van der Waals surface area contributed by atoms with Crippen LogP contribution in [0, 0.1) is 11.8 Å². The quantitative estimate of drug-likeness (QED) is 0.0286. The maximum atomic E-state index is 13.9. The number of hydrogen-bond acceptors (Lipinski definition) is 10. The Morgan fingerprint density at radius 2 is 0.816 bits per heavy atom. The van der Waals surface area contributed by atoms with Crippen molar-refractivity contribution < 1.29 is 34.8 Å². The molecule has 0 fully saturated rings. The molecule has 0 aromatic rings. The van der Waals surface area contributed by atoms with Crippen molar-refractivity contribution in [2.45, 2.75) is 178 Å². The summed E-state index contributed by atoms with van der Waals surface area (Å²) in [6, 6.07) is 0. The minimum Gasteiger partial charge on any atom is -0.0654 e. The third kappa shape index (κ3) is 25.9. The molecule has 0 amide bonds. The summed E-state index contributed by atoms with van der Waals surface area (Å²) >= 11 is 4.06. The predicted molar refractivity (Wildman–Crippen MR) is 208 cm³/mol. The van der Waals surface area contributed by atoms with E-state index in [1.807, 2.05) is 0 Å². The maximum absolute atomic E-state index is 13.9. The van der Waals surface area contributed by atoms with Crippen LogP contribution in [0.25, 0.3) is 0 Å². The van der Waals surface area contributed by atoms with Crippen LogP contribution in [0.1, 0.15) is 169 Å². The summed E-state index contributed by atoms with van der Waals surface area (Å²) in [6.45, 7) is 8.33. The van der Waals surface area contributed by atoms with E-state index in [4.69, 9.17) is 15.6 Å². The molecule has 0 aromatic carbocycles. The molecule has 11 heteroatoms. The van der Waals surface area contributed by atoms with Gasteiger partial charge in [-0.1, -0.05) is 13.8 Å². The van der Waals surface area contributed by atoms with Crippen molar-refractivity contribution in [3.05, 3.63) is 0 Å². The molecule has 49 heavy (non-hydrogen) atoms. The molecule has 0 spiro atoms. The first kappa shape index (κ1) is 48.4. The van der Waals surface area contributed by atoms with Crippen molar-refractivity contribution in [3.8, 4) is 0 Å². The van der Waals surface area contributed by atoms with E-state index in [1.54, 1.807) is 13.8 Å². The molecule has 2 atom stereocenters. The summed E-state index contributed by atoms with van der Waals surface area (Å²) in [5.41, 5.74) is 0. The van der Waals surface area contributed by atoms with Gasteiger partial charge in [-0.3, -0.25) is 0 Å². The molecule has 0 aliphatic rings. The van der Waals surface area contributed by atoms with Crippen molar-refractivity contribution in [2.75, 3.05) is 24.7 Å². The van der Waals surface area contributed by atoms with Gasteiger partial charge in [-0.15, -0.1) is 0 Å². The van der Waals surface area contributed by atoms with Gasteiger partial charge in [0.05, 0.1) is 0 Å². The van der Waals surface area contributed by atoms with Gasteiger partial charge >= 0.3 is 304 Å². The molecule has 0 radical (unpaired) electrons. The van der Waals surface area contributed by atoms with E-state index in [1.165, 1.54) is 64.2 Å². The molecular formula is C38H72O8S2Sn. The van der Waals surface area contributed by atoms with Crippen LogP contribution >= 0.6 is 25.3 Å². The topological polar surface area (TPSA) is 105 Å². The smallest absolute Gasteiger partial charge is 0.0654 e. The Bertz CT molecular complexity index is 792. The molecule has 0 aliphatic heterocycles. The van der Waals surface area contributed by atoms with Crippen LogP contribution in [0.2, 0.25) is 8.87 Å². The second kappa shape index (κ2) is 33.2. The number of rotatable bonds is 34. The van der Waals surface area contributed by atoms with E-state index >= 15 is 0 Å². The Labute approximate surface area is 315 Å². The zero-order valence-corrected chi connectivity index (χ0v) is 36.3. The SMILES string of the molecule is CCCCCCCCCCC(CCS)C(=O)[O][Sn]([CH2]CC(=O)OCC)([CH2]CC(=O)OCC)[O]C(=O)C(CCS)CCCCCCCCCC. The normalized spacial score (nSPS) is 12.7. The number of esters is 2. The molecule has 2 unspecified atom stereocenters. The summed E-state index contributed by atoms with van der Waals surface area (Å²) in [4.78, 5) is 52.9. The van der Waals surface area contributed by atoms with Crippen molar-refractivity contribution in [1.82, 2.24) is 0 Å². The average molecular weight is 840 g/mol. The Hall–Kier alpha value is -0.621. The van der Waals surface area contributed by atoms with Gasteiger partial charge in [0.2, 0.25) is 0 Å². The molecule has 288 valence electrons. The molecular weight excluding hydrogens is 767 g/mol. The predicted octanol–water partition coefficient (Wildman–Crippen LogP) is 10.4. The summed E-state index contributed by atoms with van der Waals surface area (Å²) in [5.74, 6) is -1.41. The Kier molecular flexibility index (Phi) is 32.8. The third-order valence-corrected chi connectivity index (χ3v) is 18.6. The van der Waals surface area contributed by atoms with Gasteiger partial charge in [-0.05, 0) is 0 Å². The number of ether oxygens (including phenoxy) is 2. The number of hydrogen-bond donors (Lipinski definition) is 2. The number of thiol groups is 2. The molecule has 0 heterocycles. The van der Waals surface area contributed by atoms with E-state index in [9.17, 15) is 19.2 Å². The summed E-state index contributed by atoms with van der Waals surface area (Å²) in [7, 11) is 0. The van der Waals surface area contributed by atoms with E-state index < -0.39 is 43.1 Å². The van der Waals surface area contributed by atoms with Gasteiger partial charge < -0.3 is 0 Å². The summed E-state index contributed by atoms with van der Waals surface area (Å²) in [5, 5.41) is 0. The fourth-order valence-corrected chi connectivity index (χ4v) is 15.1. The van der Waals surface area contributed by atoms with Gasteiger partial charge in [0, 0.05) is 0 Å². The number of carbonyl (C=O) groups excluding carboxylic acids is 4. The van der Waals surface area contributed by atoms with Crippen LogP contribution in [0.15, 0.2) is 0 Å². The van der Waals surface area contributed by atoms with Crippen molar-refractivity contribution in [3.63, 3.8) is 0 Å². The van der Waals surface area contributed by atoms with Crippen LogP contribution in [-0.2, 0) is 34.8 Å².